The lowest BCUT2D eigenvalue weighted by molar-refractivity contribution is -0.134. The molecule has 176 valence electrons. The third kappa shape index (κ3) is 4.66. The molecule has 1 amide bonds. The van der Waals surface area contributed by atoms with Crippen LogP contribution in [0.15, 0.2) is 45.4 Å². The summed E-state index contributed by atoms with van der Waals surface area (Å²) in [6.45, 7) is 1.16. The number of amides is 1. The van der Waals surface area contributed by atoms with Gasteiger partial charge in [-0.05, 0) is 30.3 Å². The van der Waals surface area contributed by atoms with Gasteiger partial charge in [-0.1, -0.05) is 0 Å². The Labute approximate surface area is 195 Å². The number of esters is 1. The van der Waals surface area contributed by atoms with E-state index in [1.165, 1.54) is 26.5 Å². The van der Waals surface area contributed by atoms with Gasteiger partial charge in [-0.15, -0.1) is 0 Å². The zero-order valence-corrected chi connectivity index (χ0v) is 18.6. The standard InChI is InChI=1S/C23H22N4O7/c1-30-15-5-6-18(31-2)16(12-15)23(29)33-14-20(28)26-7-9-27(10-8-26)22-17(13-24)25-21(34-22)19-4-3-11-32-19/h3-6,11-12H,7-10,14H2,1-2H3. The minimum Gasteiger partial charge on any atom is -0.497 e. The van der Waals surface area contributed by atoms with Gasteiger partial charge in [0.2, 0.25) is 11.6 Å². The van der Waals surface area contributed by atoms with Gasteiger partial charge in [0.05, 0.1) is 20.5 Å². The zero-order valence-electron chi connectivity index (χ0n) is 18.6. The average Bonchev–Trinajstić information content (AvgIpc) is 3.57. The third-order valence-corrected chi connectivity index (χ3v) is 5.32. The van der Waals surface area contributed by atoms with Crippen LogP contribution in [0.25, 0.3) is 11.7 Å². The first-order valence-electron chi connectivity index (χ1n) is 10.4. The van der Waals surface area contributed by atoms with E-state index in [9.17, 15) is 14.9 Å². The molecule has 1 aromatic carbocycles. The number of carbonyl (C=O) groups is 2. The molecule has 0 aliphatic carbocycles. The van der Waals surface area contributed by atoms with Crippen LogP contribution in [0.3, 0.4) is 0 Å². The van der Waals surface area contributed by atoms with E-state index < -0.39 is 12.6 Å². The van der Waals surface area contributed by atoms with Crippen LogP contribution in [-0.2, 0) is 9.53 Å². The molecule has 34 heavy (non-hydrogen) atoms. The summed E-state index contributed by atoms with van der Waals surface area (Å²) >= 11 is 0. The highest BCUT2D eigenvalue weighted by molar-refractivity contribution is 5.94. The van der Waals surface area contributed by atoms with Crippen LogP contribution in [0.1, 0.15) is 16.1 Å². The fourth-order valence-electron chi connectivity index (χ4n) is 3.53. The highest BCUT2D eigenvalue weighted by atomic mass is 16.5. The van der Waals surface area contributed by atoms with Crippen LogP contribution in [0, 0.1) is 11.3 Å². The van der Waals surface area contributed by atoms with Crippen molar-refractivity contribution in [2.75, 3.05) is 51.9 Å². The van der Waals surface area contributed by atoms with Gasteiger partial charge >= 0.3 is 5.97 Å². The number of rotatable bonds is 7. The van der Waals surface area contributed by atoms with Gasteiger partial charge in [-0.25, -0.2) is 4.79 Å². The number of anilines is 1. The monoisotopic (exact) mass is 466 g/mol. The van der Waals surface area contributed by atoms with Gasteiger partial charge in [-0.2, -0.15) is 10.2 Å². The summed E-state index contributed by atoms with van der Waals surface area (Å²) in [5.74, 6) is 0.743. The van der Waals surface area contributed by atoms with E-state index in [0.717, 1.165) is 0 Å². The van der Waals surface area contributed by atoms with Crippen LogP contribution in [0.5, 0.6) is 11.5 Å². The average molecular weight is 466 g/mol. The van der Waals surface area contributed by atoms with E-state index in [4.69, 9.17) is 23.0 Å². The number of furan rings is 1. The normalized spacial score (nSPS) is 13.3. The number of ether oxygens (including phenoxy) is 3. The van der Waals surface area contributed by atoms with Gasteiger partial charge in [0.25, 0.3) is 11.8 Å². The van der Waals surface area contributed by atoms with Crippen molar-refractivity contribution < 1.29 is 32.6 Å². The molecule has 0 atom stereocenters. The quantitative estimate of drug-likeness (QED) is 0.478. The predicted molar refractivity (Wildman–Crippen MR) is 118 cm³/mol. The molecule has 1 aliphatic rings. The molecule has 0 saturated carbocycles. The van der Waals surface area contributed by atoms with Crippen molar-refractivity contribution in [3.05, 3.63) is 47.9 Å². The summed E-state index contributed by atoms with van der Waals surface area (Å²) in [4.78, 5) is 32.7. The topological polar surface area (TPSA) is 131 Å². The van der Waals surface area contributed by atoms with Crippen molar-refractivity contribution in [3.8, 4) is 29.2 Å². The summed E-state index contributed by atoms with van der Waals surface area (Å²) in [7, 11) is 2.92. The van der Waals surface area contributed by atoms with E-state index in [0.29, 0.717) is 49.3 Å². The molecule has 4 rings (SSSR count). The van der Waals surface area contributed by atoms with Gasteiger partial charge in [0.15, 0.2) is 12.4 Å². The lowest BCUT2D eigenvalue weighted by Gasteiger charge is -2.34. The van der Waals surface area contributed by atoms with Gasteiger partial charge in [-0.3, -0.25) is 4.79 Å². The van der Waals surface area contributed by atoms with Crippen LogP contribution in [-0.4, -0.2) is 68.8 Å². The Hall–Kier alpha value is -4.46. The van der Waals surface area contributed by atoms with Gasteiger partial charge in [0.1, 0.15) is 23.1 Å². The van der Waals surface area contributed by atoms with Crippen molar-refractivity contribution in [2.45, 2.75) is 0 Å². The van der Waals surface area contributed by atoms with Crippen LogP contribution < -0.4 is 14.4 Å². The Morgan fingerprint density at radius 3 is 2.59 bits per heavy atom. The molecule has 0 N–H and O–H groups in total. The van der Waals surface area contributed by atoms with E-state index in [1.807, 2.05) is 11.0 Å². The molecule has 2 aromatic heterocycles. The predicted octanol–water partition coefficient (Wildman–Crippen LogP) is 2.33. The highest BCUT2D eigenvalue weighted by Gasteiger charge is 2.28. The number of methoxy groups -OCH3 is 2. The van der Waals surface area contributed by atoms with Gasteiger partial charge < -0.3 is 32.8 Å². The van der Waals surface area contributed by atoms with E-state index in [2.05, 4.69) is 4.98 Å². The Balaban J connectivity index is 1.34. The minimum absolute atomic E-state index is 0.146. The molecule has 11 heteroatoms. The summed E-state index contributed by atoms with van der Waals surface area (Å²) in [5.41, 5.74) is 0.313. The number of benzene rings is 1. The maximum Gasteiger partial charge on any atom is 0.342 e. The number of aromatic nitrogens is 1. The second-order valence-electron chi connectivity index (χ2n) is 7.27. The third-order valence-electron chi connectivity index (χ3n) is 5.32. The summed E-state index contributed by atoms with van der Waals surface area (Å²) < 4.78 is 26.6. The number of nitrogens with zero attached hydrogens (tertiary/aromatic N) is 4. The Morgan fingerprint density at radius 1 is 1.15 bits per heavy atom. The Bertz CT molecular complexity index is 1200. The first-order chi connectivity index (χ1) is 16.5. The first kappa shape index (κ1) is 22.7. The first-order valence-corrected chi connectivity index (χ1v) is 10.4. The lowest BCUT2D eigenvalue weighted by atomic mass is 10.2. The second-order valence-corrected chi connectivity index (χ2v) is 7.27. The smallest absolute Gasteiger partial charge is 0.342 e. The largest absolute Gasteiger partial charge is 0.497 e. The molecule has 11 nitrogen and oxygen atoms in total. The number of hydrogen-bond acceptors (Lipinski definition) is 10. The van der Waals surface area contributed by atoms with E-state index in [-0.39, 0.29) is 23.1 Å². The van der Waals surface area contributed by atoms with Gasteiger partial charge in [0, 0.05) is 26.2 Å². The minimum atomic E-state index is -0.687. The number of oxazole rings is 1. The van der Waals surface area contributed by atoms with Crippen molar-refractivity contribution in [2.24, 2.45) is 0 Å². The fourth-order valence-corrected chi connectivity index (χ4v) is 3.53. The van der Waals surface area contributed by atoms with E-state index >= 15 is 0 Å². The van der Waals surface area contributed by atoms with Crippen LogP contribution >= 0.6 is 0 Å². The number of carbonyl (C=O) groups excluding carboxylic acids is 2. The molecule has 0 bridgehead atoms. The molecule has 1 fully saturated rings. The van der Waals surface area contributed by atoms with Crippen LogP contribution in [0.4, 0.5) is 5.88 Å². The number of hydrogen-bond donors (Lipinski definition) is 0. The molecular formula is C23H22N4O7. The Kier molecular flexibility index (Phi) is 6.68. The maximum atomic E-state index is 12.6. The molecule has 0 unspecified atom stereocenters. The second kappa shape index (κ2) is 9.99. The van der Waals surface area contributed by atoms with Crippen molar-refractivity contribution >= 4 is 17.8 Å². The van der Waals surface area contributed by atoms with Crippen molar-refractivity contribution in [3.63, 3.8) is 0 Å². The summed E-state index contributed by atoms with van der Waals surface area (Å²) in [5, 5.41) is 9.43. The molecule has 3 aromatic rings. The summed E-state index contributed by atoms with van der Waals surface area (Å²) in [6, 6.07) is 10.2. The zero-order chi connectivity index (χ0) is 24.1. The molecule has 0 radical (unpaired) electrons. The SMILES string of the molecule is COc1ccc(OC)c(C(=O)OCC(=O)N2CCN(c3oc(-c4ccco4)nc3C#N)CC2)c1. The van der Waals surface area contributed by atoms with Crippen molar-refractivity contribution in [1.82, 2.24) is 9.88 Å². The highest BCUT2D eigenvalue weighted by Crippen LogP contribution is 2.29. The van der Waals surface area contributed by atoms with E-state index in [1.54, 1.807) is 29.2 Å². The number of piperazine rings is 1. The molecule has 1 saturated heterocycles. The molecular weight excluding hydrogens is 444 g/mol. The molecule has 3 heterocycles. The van der Waals surface area contributed by atoms with Crippen LogP contribution in [0.2, 0.25) is 0 Å². The molecule has 0 spiro atoms. The summed E-state index contributed by atoms with van der Waals surface area (Å²) in [6.07, 6.45) is 1.49. The maximum absolute atomic E-state index is 12.6. The Morgan fingerprint density at radius 2 is 1.94 bits per heavy atom. The lowest BCUT2D eigenvalue weighted by Crippen LogP contribution is -2.50. The number of nitriles is 1. The molecule has 1 aliphatic heterocycles. The van der Waals surface area contributed by atoms with Crippen molar-refractivity contribution in [1.29, 1.82) is 5.26 Å². The fraction of sp³-hybridized carbons (Fsp3) is 0.304.